The first-order valence-corrected chi connectivity index (χ1v) is 18.0. The van der Waals surface area contributed by atoms with E-state index in [0.29, 0.717) is 24.3 Å². The van der Waals surface area contributed by atoms with E-state index >= 15 is 0 Å². The maximum atomic E-state index is 14.7. The number of methoxy groups -OCH3 is 5. The topological polar surface area (TPSA) is 81.7 Å². The number of nitrogens with one attached hydrogen (secondary N) is 1. The summed E-state index contributed by atoms with van der Waals surface area (Å²) in [7, 11) is 8.56. The smallest absolute Gasteiger partial charge is 0.228 e. The molecule has 4 aliphatic rings. The van der Waals surface area contributed by atoms with Gasteiger partial charge < -0.3 is 33.9 Å². The molecule has 2 aromatic carbocycles. The van der Waals surface area contributed by atoms with E-state index in [2.05, 4.69) is 60.2 Å². The highest BCUT2D eigenvalue weighted by molar-refractivity contribution is 5.80. The van der Waals surface area contributed by atoms with Gasteiger partial charge in [-0.25, -0.2) is 0 Å². The molecule has 0 radical (unpaired) electrons. The van der Waals surface area contributed by atoms with E-state index in [9.17, 15) is 4.79 Å². The molecule has 48 heavy (non-hydrogen) atoms. The molecule has 1 N–H and O–H groups in total. The Hall–Kier alpha value is -3.01. The molecule has 264 valence electrons. The highest BCUT2D eigenvalue weighted by atomic mass is 16.5. The average molecular weight is 664 g/mol. The van der Waals surface area contributed by atoms with Crippen LogP contribution in [0.3, 0.4) is 0 Å². The quantitative estimate of drug-likeness (QED) is 0.315. The number of nitrogens with zero attached hydrogens (tertiary/aromatic N) is 2. The molecular weight excluding hydrogens is 606 g/mol. The summed E-state index contributed by atoms with van der Waals surface area (Å²) in [5, 5.41) is 3.59. The van der Waals surface area contributed by atoms with E-state index < -0.39 is 0 Å². The van der Waals surface area contributed by atoms with Crippen molar-refractivity contribution < 1.29 is 28.5 Å². The Morgan fingerprint density at radius 2 is 1.52 bits per heavy atom. The summed E-state index contributed by atoms with van der Waals surface area (Å²) < 4.78 is 29.1. The summed E-state index contributed by atoms with van der Waals surface area (Å²) >= 11 is 0. The summed E-state index contributed by atoms with van der Waals surface area (Å²) in [4.78, 5) is 19.6. The van der Waals surface area contributed by atoms with Gasteiger partial charge >= 0.3 is 0 Å². The monoisotopic (exact) mass is 663 g/mol. The fourth-order valence-electron chi connectivity index (χ4n) is 9.40. The van der Waals surface area contributed by atoms with E-state index in [1.54, 1.807) is 35.5 Å². The zero-order valence-electron chi connectivity index (χ0n) is 30.4. The molecule has 0 aliphatic carbocycles. The van der Waals surface area contributed by atoms with Crippen LogP contribution in [0.15, 0.2) is 24.3 Å². The SMILES string of the molecule is CC[C@@]1(C)CN2CCc3cc(OC)c(OC)cc3C2C[C@@H]1C[C@@H]1c2cc(OC)c(OC)cc2CCN1C(=O)[C@H](C)[C@@H](OC)C1CCCN1. The van der Waals surface area contributed by atoms with Crippen LogP contribution in [-0.2, 0) is 22.4 Å². The van der Waals surface area contributed by atoms with Crippen LogP contribution in [0, 0.1) is 17.3 Å². The minimum absolute atomic E-state index is 0.0755. The standard InChI is InChI=1S/C39H57N3O6/c1-9-39(3)23-41-15-12-25-17-33(44-4)35(46-6)21-28(25)31(41)19-27(39)20-32-29-22-36(47-7)34(45-5)18-26(29)13-16-42(32)38(43)24(2)37(48-8)30-11-10-14-40-30/h17-18,21-22,24,27,30-32,37,40H,9-16,19-20,23H2,1-8H3/t24-,27-,30?,31?,32-,37-,39+/m1/s1. The third-order valence-electron chi connectivity index (χ3n) is 12.4. The Kier molecular flexibility index (Phi) is 10.5. The van der Waals surface area contributed by atoms with Crippen LogP contribution in [0.25, 0.3) is 0 Å². The number of benzene rings is 2. The number of rotatable bonds is 11. The van der Waals surface area contributed by atoms with Gasteiger partial charge in [-0.2, -0.15) is 0 Å². The summed E-state index contributed by atoms with van der Waals surface area (Å²) in [6.45, 7) is 10.6. The van der Waals surface area contributed by atoms with Crippen molar-refractivity contribution in [3.63, 3.8) is 0 Å². The van der Waals surface area contributed by atoms with Crippen molar-refractivity contribution >= 4 is 5.91 Å². The molecule has 2 aromatic rings. The van der Waals surface area contributed by atoms with Crippen LogP contribution in [0.4, 0.5) is 0 Å². The van der Waals surface area contributed by atoms with Crippen LogP contribution in [-0.4, -0.2) is 89.6 Å². The van der Waals surface area contributed by atoms with Gasteiger partial charge in [0.05, 0.1) is 46.5 Å². The fourth-order valence-corrected chi connectivity index (χ4v) is 9.40. The molecule has 0 spiro atoms. The van der Waals surface area contributed by atoms with Crippen molar-refractivity contribution in [2.45, 2.75) is 89.9 Å². The molecule has 9 heteroatoms. The number of fused-ring (bicyclic) bond motifs is 4. The molecule has 6 rings (SSSR count). The Balaban J connectivity index is 1.38. The summed E-state index contributed by atoms with van der Waals surface area (Å²) in [6, 6.07) is 9.08. The molecule has 1 amide bonds. The zero-order chi connectivity index (χ0) is 34.2. The molecule has 2 fully saturated rings. The lowest BCUT2D eigenvalue weighted by Gasteiger charge is -2.54. The van der Waals surface area contributed by atoms with Crippen LogP contribution >= 0.6 is 0 Å². The van der Waals surface area contributed by atoms with Gasteiger partial charge in [0.1, 0.15) is 0 Å². The Labute approximate surface area is 287 Å². The highest BCUT2D eigenvalue weighted by Gasteiger charge is 2.48. The lowest BCUT2D eigenvalue weighted by molar-refractivity contribution is -0.144. The van der Waals surface area contributed by atoms with Gasteiger partial charge in [0.2, 0.25) is 5.91 Å². The van der Waals surface area contributed by atoms with Gasteiger partial charge in [0.15, 0.2) is 23.0 Å². The van der Waals surface area contributed by atoms with E-state index in [1.165, 1.54) is 22.3 Å². The summed E-state index contributed by atoms with van der Waals surface area (Å²) in [5.41, 5.74) is 5.23. The number of hydrogen-bond donors (Lipinski definition) is 1. The molecule has 4 aliphatic heterocycles. The zero-order valence-corrected chi connectivity index (χ0v) is 30.4. The van der Waals surface area contributed by atoms with Gasteiger partial charge in [-0.15, -0.1) is 0 Å². The van der Waals surface area contributed by atoms with Crippen LogP contribution in [0.2, 0.25) is 0 Å². The minimum Gasteiger partial charge on any atom is -0.493 e. The largest absolute Gasteiger partial charge is 0.493 e. The second-order valence-electron chi connectivity index (χ2n) is 14.7. The van der Waals surface area contributed by atoms with Crippen molar-refractivity contribution in [3.05, 3.63) is 46.5 Å². The molecule has 2 saturated heterocycles. The molecule has 0 saturated carbocycles. The maximum Gasteiger partial charge on any atom is 0.228 e. The number of amides is 1. The van der Waals surface area contributed by atoms with Crippen LogP contribution in [0.5, 0.6) is 23.0 Å². The molecule has 9 nitrogen and oxygen atoms in total. The van der Waals surface area contributed by atoms with Gasteiger partial charge in [-0.3, -0.25) is 9.69 Å². The predicted molar refractivity (Wildman–Crippen MR) is 187 cm³/mol. The predicted octanol–water partition coefficient (Wildman–Crippen LogP) is 5.98. The van der Waals surface area contributed by atoms with Crippen LogP contribution < -0.4 is 24.3 Å². The maximum absolute atomic E-state index is 14.7. The van der Waals surface area contributed by atoms with Crippen LogP contribution in [0.1, 0.15) is 87.2 Å². The lowest BCUT2D eigenvalue weighted by atomic mass is 9.64. The third kappa shape index (κ3) is 6.27. The van der Waals surface area contributed by atoms with E-state index in [1.807, 2.05) is 0 Å². The molecule has 4 heterocycles. The first kappa shape index (κ1) is 34.8. The van der Waals surface area contributed by atoms with E-state index in [4.69, 9.17) is 23.7 Å². The van der Waals surface area contributed by atoms with Crippen molar-refractivity contribution in [1.29, 1.82) is 0 Å². The molecule has 7 atom stereocenters. The van der Waals surface area contributed by atoms with Crippen molar-refractivity contribution in [3.8, 4) is 23.0 Å². The normalized spacial score (nSPS) is 28.1. The number of carbonyl (C=O) groups is 1. The number of carbonyl (C=O) groups excluding carboxylic acids is 1. The molecule has 2 unspecified atom stereocenters. The second kappa shape index (κ2) is 14.5. The minimum atomic E-state index is -0.262. The Morgan fingerprint density at radius 3 is 2.10 bits per heavy atom. The fraction of sp³-hybridized carbons (Fsp3) is 0.667. The molecule has 0 bridgehead atoms. The first-order valence-electron chi connectivity index (χ1n) is 18.0. The average Bonchev–Trinajstić information content (AvgIpc) is 3.65. The van der Waals surface area contributed by atoms with Crippen molar-refractivity contribution in [1.82, 2.24) is 15.1 Å². The number of hydrogen-bond acceptors (Lipinski definition) is 8. The number of piperidine rings is 1. The summed E-state index contributed by atoms with van der Waals surface area (Å²) in [6.07, 6.45) is 6.76. The summed E-state index contributed by atoms with van der Waals surface area (Å²) in [5.74, 6) is 3.33. The Morgan fingerprint density at radius 1 is 0.917 bits per heavy atom. The van der Waals surface area contributed by atoms with Crippen molar-refractivity contribution in [2.24, 2.45) is 17.3 Å². The van der Waals surface area contributed by atoms with Gasteiger partial charge in [-0.05, 0) is 109 Å². The third-order valence-corrected chi connectivity index (χ3v) is 12.4. The molecule has 0 aromatic heterocycles. The Bertz CT molecular complexity index is 1460. The second-order valence-corrected chi connectivity index (χ2v) is 14.7. The lowest BCUT2D eigenvalue weighted by Crippen LogP contribution is -2.53. The highest BCUT2D eigenvalue weighted by Crippen LogP contribution is 2.53. The number of ether oxygens (including phenoxy) is 5. The van der Waals surface area contributed by atoms with Gasteiger partial charge in [-0.1, -0.05) is 20.8 Å². The van der Waals surface area contributed by atoms with Crippen molar-refractivity contribution in [2.75, 3.05) is 61.7 Å². The van der Waals surface area contributed by atoms with Gasteiger partial charge in [0.25, 0.3) is 0 Å². The first-order chi connectivity index (χ1) is 23.2. The molecular formula is C39H57N3O6. The van der Waals surface area contributed by atoms with Gasteiger partial charge in [0, 0.05) is 38.8 Å². The van der Waals surface area contributed by atoms with E-state index in [-0.39, 0.29) is 35.4 Å². The van der Waals surface area contributed by atoms with E-state index in [0.717, 1.165) is 81.8 Å².